The molecule has 0 amide bonds. The summed E-state index contributed by atoms with van der Waals surface area (Å²) in [7, 11) is 0. The highest BCUT2D eigenvalue weighted by Crippen LogP contribution is 2.08. The summed E-state index contributed by atoms with van der Waals surface area (Å²) in [5.41, 5.74) is 0. The van der Waals surface area contributed by atoms with Crippen molar-refractivity contribution in [2.75, 3.05) is 6.54 Å². The van der Waals surface area contributed by atoms with E-state index in [1.165, 1.54) is 19.3 Å². The number of hydrogen-bond acceptors (Lipinski definition) is 2. The summed E-state index contributed by atoms with van der Waals surface area (Å²) in [5, 5.41) is 11.9. The van der Waals surface area contributed by atoms with Gasteiger partial charge in [-0.15, -0.1) is 0 Å². The number of nitriles is 1. The Balaban J connectivity index is 3.19. The van der Waals surface area contributed by atoms with Crippen LogP contribution >= 0.6 is 0 Å². The maximum Gasteiger partial charge on any atom is 0.0621 e. The van der Waals surface area contributed by atoms with Crippen molar-refractivity contribution in [3.8, 4) is 6.07 Å². The second-order valence-corrected chi connectivity index (χ2v) is 4.80. The van der Waals surface area contributed by atoms with Crippen molar-refractivity contribution in [3.63, 3.8) is 0 Å². The molecule has 1 unspecified atom stereocenters. The molecule has 0 aliphatic heterocycles. The van der Waals surface area contributed by atoms with Crippen LogP contribution in [0.3, 0.4) is 0 Å². The van der Waals surface area contributed by atoms with E-state index in [1.807, 2.05) is 0 Å². The summed E-state index contributed by atoms with van der Waals surface area (Å²) in [6.07, 6.45) is 6.79. The summed E-state index contributed by atoms with van der Waals surface area (Å²) in [6.45, 7) is 7.87. The molecule has 1 atom stereocenters. The lowest BCUT2D eigenvalue weighted by Gasteiger charge is -2.14. The molecule has 0 radical (unpaired) electrons. The maximum absolute atomic E-state index is 8.37. The van der Waals surface area contributed by atoms with E-state index in [0.717, 1.165) is 25.3 Å². The van der Waals surface area contributed by atoms with Crippen LogP contribution in [-0.4, -0.2) is 12.6 Å². The summed E-state index contributed by atoms with van der Waals surface area (Å²) in [6, 6.07) is 2.81. The van der Waals surface area contributed by atoms with Gasteiger partial charge < -0.3 is 5.32 Å². The highest BCUT2D eigenvalue weighted by atomic mass is 14.9. The predicted octanol–water partition coefficient (Wildman–Crippen LogP) is 3.48. The molecule has 0 aliphatic carbocycles. The van der Waals surface area contributed by atoms with Gasteiger partial charge in [0.2, 0.25) is 0 Å². The van der Waals surface area contributed by atoms with E-state index in [2.05, 4.69) is 32.2 Å². The van der Waals surface area contributed by atoms with Crippen LogP contribution in [0.2, 0.25) is 0 Å². The SMILES string of the molecule is CC(C)CCCC(C)NCCCCC#N. The standard InChI is InChI=1S/C13H26N2/c1-12(2)8-7-9-13(3)15-11-6-4-5-10-14/h12-13,15H,4-9,11H2,1-3H3. The first-order chi connectivity index (χ1) is 7.16. The van der Waals surface area contributed by atoms with E-state index in [-0.39, 0.29) is 0 Å². The lowest BCUT2D eigenvalue weighted by atomic mass is 10.0. The van der Waals surface area contributed by atoms with Crippen LogP contribution in [0.5, 0.6) is 0 Å². The van der Waals surface area contributed by atoms with E-state index < -0.39 is 0 Å². The van der Waals surface area contributed by atoms with Crippen molar-refractivity contribution >= 4 is 0 Å². The van der Waals surface area contributed by atoms with Crippen LogP contribution in [-0.2, 0) is 0 Å². The van der Waals surface area contributed by atoms with Crippen molar-refractivity contribution in [3.05, 3.63) is 0 Å². The topological polar surface area (TPSA) is 35.8 Å². The molecule has 0 aliphatic rings. The van der Waals surface area contributed by atoms with Crippen LogP contribution < -0.4 is 5.32 Å². The highest BCUT2D eigenvalue weighted by molar-refractivity contribution is 4.69. The van der Waals surface area contributed by atoms with E-state index >= 15 is 0 Å². The molecule has 0 bridgehead atoms. The molecule has 2 nitrogen and oxygen atoms in total. The third kappa shape index (κ3) is 11.4. The molecule has 1 N–H and O–H groups in total. The molecule has 88 valence electrons. The van der Waals surface area contributed by atoms with Gasteiger partial charge in [0, 0.05) is 12.5 Å². The molecule has 2 heteroatoms. The van der Waals surface area contributed by atoms with Gasteiger partial charge in [-0.2, -0.15) is 5.26 Å². The Bertz CT molecular complexity index is 170. The molecule has 0 aromatic heterocycles. The van der Waals surface area contributed by atoms with Gasteiger partial charge in [0.1, 0.15) is 0 Å². The fraction of sp³-hybridized carbons (Fsp3) is 0.923. The van der Waals surface area contributed by atoms with Crippen molar-refractivity contribution in [1.82, 2.24) is 5.32 Å². The Labute approximate surface area is 95.1 Å². The van der Waals surface area contributed by atoms with Crippen LogP contribution in [0, 0.1) is 17.2 Å². The van der Waals surface area contributed by atoms with Crippen molar-refractivity contribution in [2.24, 2.45) is 5.92 Å². The van der Waals surface area contributed by atoms with Gasteiger partial charge in [-0.25, -0.2) is 0 Å². The molecular weight excluding hydrogens is 184 g/mol. The molecule has 0 saturated carbocycles. The van der Waals surface area contributed by atoms with Gasteiger partial charge in [0.25, 0.3) is 0 Å². The van der Waals surface area contributed by atoms with Crippen LogP contribution in [0.15, 0.2) is 0 Å². The molecule has 0 saturated heterocycles. The smallest absolute Gasteiger partial charge is 0.0621 e. The zero-order valence-corrected chi connectivity index (χ0v) is 10.6. The minimum Gasteiger partial charge on any atom is -0.314 e. The number of hydrogen-bond donors (Lipinski definition) is 1. The first kappa shape index (κ1) is 14.5. The lowest BCUT2D eigenvalue weighted by Crippen LogP contribution is -2.26. The second kappa shape index (κ2) is 9.98. The van der Waals surface area contributed by atoms with Gasteiger partial charge in [-0.05, 0) is 38.6 Å². The lowest BCUT2D eigenvalue weighted by molar-refractivity contribution is 0.453. The molecule has 0 rings (SSSR count). The van der Waals surface area contributed by atoms with Gasteiger partial charge in [0.05, 0.1) is 6.07 Å². The zero-order valence-electron chi connectivity index (χ0n) is 10.6. The Kier molecular flexibility index (Phi) is 9.62. The zero-order chi connectivity index (χ0) is 11.5. The van der Waals surface area contributed by atoms with E-state index in [9.17, 15) is 0 Å². The van der Waals surface area contributed by atoms with Gasteiger partial charge >= 0.3 is 0 Å². The quantitative estimate of drug-likeness (QED) is 0.591. The summed E-state index contributed by atoms with van der Waals surface area (Å²) >= 11 is 0. The third-order valence-corrected chi connectivity index (χ3v) is 2.63. The average Bonchev–Trinajstić information content (AvgIpc) is 2.17. The Morgan fingerprint density at radius 1 is 1.07 bits per heavy atom. The fourth-order valence-corrected chi connectivity index (χ4v) is 1.61. The molecule has 0 spiro atoms. The van der Waals surface area contributed by atoms with Crippen LogP contribution in [0.4, 0.5) is 0 Å². The summed E-state index contributed by atoms with van der Waals surface area (Å²) in [4.78, 5) is 0. The first-order valence-electron chi connectivity index (χ1n) is 6.27. The first-order valence-corrected chi connectivity index (χ1v) is 6.27. The maximum atomic E-state index is 8.37. The van der Waals surface area contributed by atoms with Crippen molar-refractivity contribution in [1.29, 1.82) is 5.26 Å². The van der Waals surface area contributed by atoms with E-state index in [4.69, 9.17) is 5.26 Å². The molecule has 0 fully saturated rings. The second-order valence-electron chi connectivity index (χ2n) is 4.80. The molecule has 0 heterocycles. The Morgan fingerprint density at radius 3 is 2.40 bits per heavy atom. The van der Waals surface area contributed by atoms with E-state index in [0.29, 0.717) is 12.5 Å². The van der Waals surface area contributed by atoms with Gasteiger partial charge in [-0.1, -0.05) is 26.7 Å². The van der Waals surface area contributed by atoms with Crippen molar-refractivity contribution < 1.29 is 0 Å². The van der Waals surface area contributed by atoms with Crippen molar-refractivity contribution in [2.45, 2.75) is 65.3 Å². The predicted molar refractivity (Wildman–Crippen MR) is 65.6 cm³/mol. The largest absolute Gasteiger partial charge is 0.314 e. The number of nitrogens with one attached hydrogen (secondary N) is 1. The minimum absolute atomic E-state index is 0.630. The molecule has 15 heavy (non-hydrogen) atoms. The molecule has 0 aromatic rings. The van der Waals surface area contributed by atoms with Crippen LogP contribution in [0.25, 0.3) is 0 Å². The molecular formula is C13H26N2. The Hall–Kier alpha value is -0.550. The van der Waals surface area contributed by atoms with E-state index in [1.54, 1.807) is 0 Å². The Morgan fingerprint density at radius 2 is 1.80 bits per heavy atom. The van der Waals surface area contributed by atoms with Gasteiger partial charge in [0.15, 0.2) is 0 Å². The summed E-state index contributed by atoms with van der Waals surface area (Å²) in [5.74, 6) is 0.827. The normalized spacial score (nSPS) is 12.7. The number of nitrogens with zero attached hydrogens (tertiary/aromatic N) is 1. The number of rotatable bonds is 9. The highest BCUT2D eigenvalue weighted by Gasteiger charge is 2.01. The van der Waals surface area contributed by atoms with Crippen LogP contribution in [0.1, 0.15) is 59.3 Å². The fourth-order valence-electron chi connectivity index (χ4n) is 1.61. The average molecular weight is 210 g/mol. The molecule has 0 aromatic carbocycles. The minimum atomic E-state index is 0.630. The summed E-state index contributed by atoms with van der Waals surface area (Å²) < 4.78 is 0. The third-order valence-electron chi connectivity index (χ3n) is 2.63. The number of unbranched alkanes of at least 4 members (excludes halogenated alkanes) is 2. The van der Waals surface area contributed by atoms with Gasteiger partial charge in [-0.3, -0.25) is 0 Å². The monoisotopic (exact) mass is 210 g/mol.